The standard InChI is InChI=1S/C24H30N4O3/c1-15-11-16(2)23(17(3)12-15)27-22(30)14-28(4)13-21(29)26-20-8-6-5-7-19(20)24(31)25-18-9-10-18/h5-8,11-12,18H,9-10,13-14H2,1-4H3,(H,25,31)(H,26,29)(H,27,30). The molecule has 1 aliphatic rings. The van der Waals surface area contributed by atoms with Gasteiger partial charge in [-0.3, -0.25) is 19.3 Å². The molecule has 1 fully saturated rings. The molecule has 1 aliphatic carbocycles. The highest BCUT2D eigenvalue weighted by Crippen LogP contribution is 2.22. The molecule has 0 saturated heterocycles. The number of para-hydroxylation sites is 1. The van der Waals surface area contributed by atoms with E-state index in [1.54, 1.807) is 36.2 Å². The van der Waals surface area contributed by atoms with Gasteiger partial charge in [0, 0.05) is 11.7 Å². The van der Waals surface area contributed by atoms with Crippen LogP contribution in [-0.2, 0) is 9.59 Å². The fourth-order valence-electron chi connectivity index (χ4n) is 3.57. The van der Waals surface area contributed by atoms with Crippen molar-refractivity contribution in [2.24, 2.45) is 0 Å². The summed E-state index contributed by atoms with van der Waals surface area (Å²) in [5.74, 6) is -0.658. The van der Waals surface area contributed by atoms with Crippen molar-refractivity contribution in [2.45, 2.75) is 39.7 Å². The number of aryl methyl sites for hydroxylation is 3. The Bertz CT molecular complexity index is 975. The van der Waals surface area contributed by atoms with Crippen molar-refractivity contribution in [1.29, 1.82) is 0 Å². The van der Waals surface area contributed by atoms with Crippen LogP contribution in [0.1, 0.15) is 39.9 Å². The molecule has 0 bridgehead atoms. The predicted octanol–water partition coefficient (Wildman–Crippen LogP) is 3.01. The van der Waals surface area contributed by atoms with Crippen LogP contribution >= 0.6 is 0 Å². The summed E-state index contributed by atoms with van der Waals surface area (Å²) >= 11 is 0. The molecule has 0 unspecified atom stereocenters. The molecule has 0 aliphatic heterocycles. The molecule has 0 heterocycles. The molecule has 0 spiro atoms. The second-order valence-electron chi connectivity index (χ2n) is 8.34. The van der Waals surface area contributed by atoms with Gasteiger partial charge in [-0.05, 0) is 63.9 Å². The molecule has 2 aromatic carbocycles. The maximum absolute atomic E-state index is 12.5. The van der Waals surface area contributed by atoms with Gasteiger partial charge in [0.1, 0.15) is 0 Å². The molecule has 1 saturated carbocycles. The molecular formula is C24H30N4O3. The number of amides is 3. The molecule has 7 heteroatoms. The monoisotopic (exact) mass is 422 g/mol. The quantitative estimate of drug-likeness (QED) is 0.610. The Labute approximate surface area is 183 Å². The van der Waals surface area contributed by atoms with E-state index in [9.17, 15) is 14.4 Å². The number of anilines is 2. The summed E-state index contributed by atoms with van der Waals surface area (Å²) in [5.41, 5.74) is 4.87. The lowest BCUT2D eigenvalue weighted by atomic mass is 10.1. The zero-order valence-electron chi connectivity index (χ0n) is 18.5. The van der Waals surface area contributed by atoms with Crippen molar-refractivity contribution in [2.75, 3.05) is 30.8 Å². The Morgan fingerprint density at radius 3 is 2.13 bits per heavy atom. The third kappa shape index (κ3) is 6.39. The van der Waals surface area contributed by atoms with Gasteiger partial charge in [-0.25, -0.2) is 0 Å². The number of nitrogens with one attached hydrogen (secondary N) is 3. The second-order valence-corrected chi connectivity index (χ2v) is 8.34. The minimum Gasteiger partial charge on any atom is -0.349 e. The Hall–Kier alpha value is -3.19. The summed E-state index contributed by atoms with van der Waals surface area (Å²) in [7, 11) is 1.71. The molecule has 31 heavy (non-hydrogen) atoms. The highest BCUT2D eigenvalue weighted by atomic mass is 16.2. The number of rotatable bonds is 8. The number of likely N-dealkylation sites (N-methyl/N-ethyl adjacent to an activating group) is 1. The van der Waals surface area contributed by atoms with Crippen LogP contribution in [0, 0.1) is 20.8 Å². The number of carbonyl (C=O) groups excluding carboxylic acids is 3. The second kappa shape index (κ2) is 9.75. The maximum atomic E-state index is 12.5. The summed E-state index contributed by atoms with van der Waals surface area (Å²) in [6.45, 7) is 6.04. The van der Waals surface area contributed by atoms with Gasteiger partial charge in [0.05, 0.1) is 24.3 Å². The number of carbonyl (C=O) groups is 3. The average Bonchev–Trinajstić information content (AvgIpc) is 3.48. The summed E-state index contributed by atoms with van der Waals surface area (Å²) in [6.07, 6.45) is 1.99. The first kappa shape index (κ1) is 22.5. The lowest BCUT2D eigenvalue weighted by molar-refractivity contribution is -0.119. The van der Waals surface area contributed by atoms with Crippen molar-refractivity contribution in [1.82, 2.24) is 10.2 Å². The van der Waals surface area contributed by atoms with E-state index in [1.807, 2.05) is 32.9 Å². The molecule has 2 aromatic rings. The van der Waals surface area contributed by atoms with Crippen LogP contribution in [0.2, 0.25) is 0 Å². The molecule has 7 nitrogen and oxygen atoms in total. The first-order valence-electron chi connectivity index (χ1n) is 10.5. The van der Waals surface area contributed by atoms with Gasteiger partial charge in [0.2, 0.25) is 11.8 Å². The first-order valence-corrected chi connectivity index (χ1v) is 10.5. The molecular weight excluding hydrogens is 392 g/mol. The third-order valence-corrected chi connectivity index (χ3v) is 5.13. The maximum Gasteiger partial charge on any atom is 0.253 e. The average molecular weight is 423 g/mol. The molecule has 3 amide bonds. The fourth-order valence-corrected chi connectivity index (χ4v) is 3.57. The van der Waals surface area contributed by atoms with Gasteiger partial charge < -0.3 is 16.0 Å². The SMILES string of the molecule is Cc1cc(C)c(NC(=O)CN(C)CC(=O)Nc2ccccc2C(=O)NC2CC2)c(C)c1. The minimum absolute atomic E-state index is 0.0257. The van der Waals surface area contributed by atoms with Crippen molar-refractivity contribution in [3.63, 3.8) is 0 Å². The van der Waals surface area contributed by atoms with E-state index >= 15 is 0 Å². The Morgan fingerprint density at radius 2 is 1.52 bits per heavy atom. The number of nitrogens with zero attached hydrogens (tertiary/aromatic N) is 1. The Balaban J connectivity index is 1.54. The smallest absolute Gasteiger partial charge is 0.253 e. The topological polar surface area (TPSA) is 90.5 Å². The van der Waals surface area contributed by atoms with Crippen LogP contribution in [-0.4, -0.2) is 48.8 Å². The van der Waals surface area contributed by atoms with Crippen LogP contribution < -0.4 is 16.0 Å². The van der Waals surface area contributed by atoms with Crippen LogP contribution in [0.25, 0.3) is 0 Å². The van der Waals surface area contributed by atoms with E-state index in [0.29, 0.717) is 11.3 Å². The molecule has 0 atom stereocenters. The van der Waals surface area contributed by atoms with Crippen molar-refractivity contribution < 1.29 is 14.4 Å². The highest BCUT2D eigenvalue weighted by Gasteiger charge is 2.25. The predicted molar refractivity (Wildman–Crippen MR) is 122 cm³/mol. The van der Waals surface area contributed by atoms with E-state index in [2.05, 4.69) is 16.0 Å². The van der Waals surface area contributed by atoms with Crippen LogP contribution in [0.5, 0.6) is 0 Å². The lowest BCUT2D eigenvalue weighted by Crippen LogP contribution is -2.36. The number of hydrogen-bond acceptors (Lipinski definition) is 4. The molecule has 0 radical (unpaired) electrons. The molecule has 3 N–H and O–H groups in total. The van der Waals surface area contributed by atoms with Gasteiger partial charge in [0.15, 0.2) is 0 Å². The van der Waals surface area contributed by atoms with Gasteiger partial charge in [-0.1, -0.05) is 29.8 Å². The zero-order chi connectivity index (χ0) is 22.5. The van der Waals surface area contributed by atoms with E-state index in [4.69, 9.17) is 0 Å². The van der Waals surface area contributed by atoms with Crippen LogP contribution in [0.4, 0.5) is 11.4 Å². The van der Waals surface area contributed by atoms with Crippen LogP contribution in [0.15, 0.2) is 36.4 Å². The van der Waals surface area contributed by atoms with Gasteiger partial charge in [-0.15, -0.1) is 0 Å². The van der Waals surface area contributed by atoms with Crippen molar-refractivity contribution in [3.8, 4) is 0 Å². The van der Waals surface area contributed by atoms with E-state index in [1.165, 1.54) is 0 Å². The third-order valence-electron chi connectivity index (χ3n) is 5.13. The van der Waals surface area contributed by atoms with Gasteiger partial charge in [-0.2, -0.15) is 0 Å². The highest BCUT2D eigenvalue weighted by molar-refractivity contribution is 6.04. The summed E-state index contributed by atoms with van der Waals surface area (Å²) in [4.78, 5) is 39.0. The minimum atomic E-state index is -0.287. The van der Waals surface area contributed by atoms with Crippen molar-refractivity contribution >= 4 is 29.1 Å². The molecule has 164 valence electrons. The normalized spacial score (nSPS) is 13.1. The Kier molecular flexibility index (Phi) is 7.07. The first-order chi connectivity index (χ1) is 14.7. The largest absolute Gasteiger partial charge is 0.349 e. The number of benzene rings is 2. The zero-order valence-corrected chi connectivity index (χ0v) is 18.5. The van der Waals surface area contributed by atoms with Gasteiger partial charge in [0.25, 0.3) is 5.91 Å². The lowest BCUT2D eigenvalue weighted by Gasteiger charge is -2.18. The van der Waals surface area contributed by atoms with E-state index < -0.39 is 0 Å². The van der Waals surface area contributed by atoms with Crippen LogP contribution in [0.3, 0.4) is 0 Å². The van der Waals surface area contributed by atoms with Crippen molar-refractivity contribution in [3.05, 3.63) is 58.7 Å². The Morgan fingerprint density at radius 1 is 0.935 bits per heavy atom. The van der Waals surface area contributed by atoms with Gasteiger partial charge >= 0.3 is 0 Å². The van der Waals surface area contributed by atoms with E-state index in [0.717, 1.165) is 35.2 Å². The van der Waals surface area contributed by atoms with E-state index in [-0.39, 0.29) is 36.9 Å². The summed E-state index contributed by atoms with van der Waals surface area (Å²) in [5, 5.41) is 8.67. The number of hydrogen-bond donors (Lipinski definition) is 3. The molecule has 0 aromatic heterocycles. The molecule has 3 rings (SSSR count). The summed E-state index contributed by atoms with van der Waals surface area (Å²) < 4.78 is 0. The summed E-state index contributed by atoms with van der Waals surface area (Å²) in [6, 6.07) is 11.2. The fraction of sp³-hybridized carbons (Fsp3) is 0.375.